The maximum Gasteiger partial charge on any atom is 0.300 e. The molecule has 0 aromatic heterocycles. The number of Topliss-reactive ketones (excluding diaryl/α,β-unsaturated/α-hetero) is 1. The van der Waals surface area contributed by atoms with Crippen LogP contribution in [0.2, 0.25) is 0 Å². The molecule has 0 aliphatic carbocycles. The zero-order valence-electron chi connectivity index (χ0n) is 15.4. The number of amides is 1. The fourth-order valence-electron chi connectivity index (χ4n) is 3.42. The average Bonchev–Trinajstić information content (AvgIpc) is 3.00. The van der Waals surface area contributed by atoms with E-state index >= 15 is 0 Å². The molecular formula is C23H14Br3NO3. The summed E-state index contributed by atoms with van der Waals surface area (Å²) in [4.78, 5) is 27.5. The van der Waals surface area contributed by atoms with Crippen molar-refractivity contribution in [1.82, 2.24) is 0 Å². The van der Waals surface area contributed by atoms with Gasteiger partial charge < -0.3 is 5.11 Å². The molecule has 0 saturated carbocycles. The van der Waals surface area contributed by atoms with Crippen LogP contribution in [0.25, 0.3) is 5.76 Å². The molecular weight excluding hydrogens is 578 g/mol. The van der Waals surface area contributed by atoms with Gasteiger partial charge in [0.2, 0.25) is 0 Å². The fraction of sp³-hybridized carbons (Fsp3) is 0.0435. The van der Waals surface area contributed by atoms with Crippen molar-refractivity contribution in [2.75, 3.05) is 4.90 Å². The lowest BCUT2D eigenvalue weighted by Crippen LogP contribution is -2.29. The molecule has 7 heteroatoms. The Morgan fingerprint density at radius 2 is 1.20 bits per heavy atom. The van der Waals surface area contributed by atoms with Crippen molar-refractivity contribution in [3.8, 4) is 0 Å². The number of carbonyl (C=O) groups excluding carboxylic acids is 2. The van der Waals surface area contributed by atoms with E-state index in [2.05, 4.69) is 47.8 Å². The molecule has 3 aromatic carbocycles. The van der Waals surface area contributed by atoms with E-state index in [1.165, 1.54) is 4.90 Å². The number of halogens is 3. The topological polar surface area (TPSA) is 57.6 Å². The van der Waals surface area contributed by atoms with E-state index in [0.29, 0.717) is 11.3 Å². The second-order valence-corrected chi connectivity index (χ2v) is 9.45. The molecule has 30 heavy (non-hydrogen) atoms. The summed E-state index contributed by atoms with van der Waals surface area (Å²) >= 11 is 10.2. The highest BCUT2D eigenvalue weighted by Crippen LogP contribution is 2.42. The molecule has 1 fully saturated rings. The van der Waals surface area contributed by atoms with Gasteiger partial charge in [-0.15, -0.1) is 0 Å². The fourth-order valence-corrected chi connectivity index (χ4v) is 4.22. The summed E-state index contributed by atoms with van der Waals surface area (Å²) in [7, 11) is 0. The van der Waals surface area contributed by atoms with Gasteiger partial charge in [-0.25, -0.2) is 0 Å². The predicted molar refractivity (Wildman–Crippen MR) is 127 cm³/mol. The minimum atomic E-state index is -0.747. The van der Waals surface area contributed by atoms with Crippen molar-refractivity contribution in [2.24, 2.45) is 0 Å². The van der Waals surface area contributed by atoms with Gasteiger partial charge in [-0.2, -0.15) is 0 Å². The molecule has 1 atom stereocenters. The van der Waals surface area contributed by atoms with Crippen molar-refractivity contribution in [3.05, 3.63) is 103 Å². The summed E-state index contributed by atoms with van der Waals surface area (Å²) in [5.41, 5.74) is 1.82. The minimum Gasteiger partial charge on any atom is -0.507 e. The van der Waals surface area contributed by atoms with Gasteiger partial charge in [0.15, 0.2) is 0 Å². The SMILES string of the molecule is O=C1C(=O)N(c2ccc(Br)cc2)[C@@H](c2ccc(Br)cc2)/C1=C(\O)c1ccc(Br)cc1. The Hall–Kier alpha value is -2.22. The van der Waals surface area contributed by atoms with Crippen molar-refractivity contribution >= 4 is 70.9 Å². The molecule has 3 aromatic rings. The number of hydrogen-bond acceptors (Lipinski definition) is 3. The van der Waals surface area contributed by atoms with Gasteiger partial charge in [0.25, 0.3) is 11.7 Å². The first-order valence-corrected chi connectivity index (χ1v) is 11.3. The van der Waals surface area contributed by atoms with Crippen molar-refractivity contribution in [3.63, 3.8) is 0 Å². The van der Waals surface area contributed by atoms with Crippen LogP contribution >= 0.6 is 47.8 Å². The third-order valence-corrected chi connectivity index (χ3v) is 6.44. The highest BCUT2D eigenvalue weighted by atomic mass is 79.9. The number of ketones is 1. The standard InChI is InChI=1S/C23H14Br3NO3/c24-15-5-1-13(2-6-15)20-19(21(28)14-3-7-16(25)8-4-14)22(29)23(30)27(20)18-11-9-17(26)10-12-18/h1-12,20,28H/b21-19+/t20-/m0/s1. The van der Waals surface area contributed by atoms with Crippen molar-refractivity contribution in [2.45, 2.75) is 6.04 Å². The maximum absolute atomic E-state index is 13.1. The lowest BCUT2D eigenvalue weighted by molar-refractivity contribution is -0.132. The third-order valence-electron chi connectivity index (χ3n) is 4.85. The zero-order valence-corrected chi connectivity index (χ0v) is 20.1. The van der Waals surface area contributed by atoms with Crippen LogP contribution in [0.15, 0.2) is 91.8 Å². The lowest BCUT2D eigenvalue weighted by atomic mass is 9.95. The van der Waals surface area contributed by atoms with Gasteiger partial charge in [0, 0.05) is 24.7 Å². The van der Waals surface area contributed by atoms with Gasteiger partial charge >= 0.3 is 0 Å². The first-order chi connectivity index (χ1) is 14.4. The Kier molecular flexibility index (Phi) is 5.95. The predicted octanol–water partition coefficient (Wildman–Crippen LogP) is 6.60. The van der Waals surface area contributed by atoms with Crippen LogP contribution in [0.4, 0.5) is 5.69 Å². The van der Waals surface area contributed by atoms with E-state index in [1.54, 1.807) is 36.4 Å². The summed E-state index contributed by atoms with van der Waals surface area (Å²) in [6, 6.07) is 20.7. The molecule has 150 valence electrons. The quantitative estimate of drug-likeness (QED) is 0.212. The lowest BCUT2D eigenvalue weighted by Gasteiger charge is -2.25. The van der Waals surface area contributed by atoms with Gasteiger partial charge in [-0.1, -0.05) is 72.1 Å². The smallest absolute Gasteiger partial charge is 0.300 e. The van der Waals surface area contributed by atoms with Crippen LogP contribution in [0.1, 0.15) is 17.2 Å². The number of anilines is 1. The first kappa shape index (κ1) is 21.0. The van der Waals surface area contributed by atoms with Crippen LogP contribution in [-0.2, 0) is 9.59 Å². The summed E-state index contributed by atoms with van der Waals surface area (Å²) in [6.07, 6.45) is 0. The van der Waals surface area contributed by atoms with Gasteiger partial charge in [0.1, 0.15) is 5.76 Å². The van der Waals surface area contributed by atoms with Crippen LogP contribution in [0.3, 0.4) is 0 Å². The highest BCUT2D eigenvalue weighted by Gasteiger charge is 2.46. The second kappa shape index (κ2) is 8.49. The maximum atomic E-state index is 13.1. The van der Waals surface area contributed by atoms with Crippen LogP contribution < -0.4 is 4.90 Å². The largest absolute Gasteiger partial charge is 0.507 e. The molecule has 1 amide bonds. The molecule has 4 rings (SSSR count). The van der Waals surface area contributed by atoms with E-state index < -0.39 is 17.7 Å². The molecule has 0 spiro atoms. The number of hydrogen-bond donors (Lipinski definition) is 1. The Labute approximate surface area is 198 Å². The van der Waals surface area contributed by atoms with Crippen molar-refractivity contribution in [1.29, 1.82) is 0 Å². The molecule has 1 saturated heterocycles. The Morgan fingerprint density at radius 1 is 0.733 bits per heavy atom. The van der Waals surface area contributed by atoms with Gasteiger partial charge in [-0.05, 0) is 54.1 Å². The summed E-state index contributed by atoms with van der Waals surface area (Å²) in [6.45, 7) is 0. The Morgan fingerprint density at radius 3 is 1.73 bits per heavy atom. The summed E-state index contributed by atoms with van der Waals surface area (Å²) in [5, 5.41) is 11.0. The molecule has 1 aliphatic heterocycles. The number of rotatable bonds is 3. The van der Waals surface area contributed by atoms with Crippen molar-refractivity contribution < 1.29 is 14.7 Å². The second-order valence-electron chi connectivity index (χ2n) is 6.70. The minimum absolute atomic E-state index is 0.0626. The molecule has 1 heterocycles. The number of aliphatic hydroxyl groups excluding tert-OH is 1. The molecule has 0 bridgehead atoms. The van der Waals surface area contributed by atoms with Crippen LogP contribution in [0, 0.1) is 0 Å². The number of nitrogens with zero attached hydrogens (tertiary/aromatic N) is 1. The average molecular weight is 592 g/mol. The van der Waals surface area contributed by atoms with Crippen LogP contribution in [0.5, 0.6) is 0 Å². The first-order valence-electron chi connectivity index (χ1n) is 8.95. The van der Waals surface area contributed by atoms with E-state index in [0.717, 1.165) is 19.0 Å². The zero-order chi connectivity index (χ0) is 21.4. The molecule has 4 nitrogen and oxygen atoms in total. The number of benzene rings is 3. The van der Waals surface area contributed by atoms with E-state index in [9.17, 15) is 14.7 Å². The van der Waals surface area contributed by atoms with E-state index in [-0.39, 0.29) is 11.3 Å². The highest BCUT2D eigenvalue weighted by molar-refractivity contribution is 9.11. The molecule has 1 aliphatic rings. The molecule has 1 N–H and O–H groups in total. The number of aliphatic hydroxyl groups is 1. The van der Waals surface area contributed by atoms with Gasteiger partial charge in [-0.3, -0.25) is 14.5 Å². The Bertz CT molecular complexity index is 1150. The Balaban J connectivity index is 1.93. The third kappa shape index (κ3) is 3.89. The molecule has 0 unspecified atom stereocenters. The summed E-state index contributed by atoms with van der Waals surface area (Å²) < 4.78 is 2.58. The van der Waals surface area contributed by atoms with E-state index in [1.807, 2.05) is 36.4 Å². The van der Waals surface area contributed by atoms with E-state index in [4.69, 9.17) is 0 Å². The van der Waals surface area contributed by atoms with Gasteiger partial charge in [0.05, 0.1) is 11.6 Å². The monoisotopic (exact) mass is 589 g/mol. The normalized spacial score (nSPS) is 18.1. The number of carbonyl (C=O) groups is 2. The summed E-state index contributed by atoms with van der Waals surface area (Å²) in [5.74, 6) is -1.59. The van der Waals surface area contributed by atoms with Crippen LogP contribution in [-0.4, -0.2) is 16.8 Å². The molecule has 0 radical (unpaired) electrons.